The van der Waals surface area contributed by atoms with Crippen molar-refractivity contribution in [3.05, 3.63) is 58.3 Å². The van der Waals surface area contributed by atoms with Crippen molar-refractivity contribution in [2.45, 2.75) is 0 Å². The number of carbonyl (C=O) groups excluding carboxylic acids is 1. The molecule has 0 aliphatic heterocycles. The highest BCUT2D eigenvalue weighted by Gasteiger charge is 2.09. The number of nitrogens with one attached hydrogen (secondary N) is 2. The number of hydrogen-bond donors (Lipinski definition) is 2. The highest BCUT2D eigenvalue weighted by Crippen LogP contribution is 2.21. The standard InChI is InChI=1S/C14H12BrFN2O/c1-17-11-5-2-9(3-6-11)14(19)18-13-8-10(15)4-7-12(13)16/h2-8,17H,1H3,(H,18,19). The van der Waals surface area contributed by atoms with Gasteiger partial charge in [-0.25, -0.2) is 4.39 Å². The van der Waals surface area contributed by atoms with Crippen molar-refractivity contribution >= 4 is 33.2 Å². The minimum Gasteiger partial charge on any atom is -0.388 e. The average Bonchev–Trinajstić information content (AvgIpc) is 2.43. The molecule has 0 fully saturated rings. The summed E-state index contributed by atoms with van der Waals surface area (Å²) in [5.74, 6) is -0.817. The van der Waals surface area contributed by atoms with Crippen molar-refractivity contribution in [1.29, 1.82) is 0 Å². The molecule has 0 spiro atoms. The van der Waals surface area contributed by atoms with Gasteiger partial charge in [-0.05, 0) is 42.5 Å². The molecule has 1 amide bonds. The second kappa shape index (κ2) is 5.84. The molecule has 3 nitrogen and oxygen atoms in total. The van der Waals surface area contributed by atoms with Gasteiger partial charge in [0.05, 0.1) is 5.69 Å². The summed E-state index contributed by atoms with van der Waals surface area (Å²) < 4.78 is 14.2. The molecule has 0 unspecified atom stereocenters. The van der Waals surface area contributed by atoms with Crippen molar-refractivity contribution in [1.82, 2.24) is 0 Å². The molecule has 2 aromatic rings. The maximum Gasteiger partial charge on any atom is 0.255 e. The molecule has 98 valence electrons. The summed E-state index contributed by atoms with van der Waals surface area (Å²) in [6.07, 6.45) is 0. The molecule has 0 aliphatic carbocycles. The van der Waals surface area contributed by atoms with E-state index in [1.807, 2.05) is 0 Å². The van der Waals surface area contributed by atoms with Crippen LogP contribution in [0.4, 0.5) is 15.8 Å². The fraction of sp³-hybridized carbons (Fsp3) is 0.0714. The number of amides is 1. The minimum atomic E-state index is -0.469. The van der Waals surface area contributed by atoms with E-state index in [0.29, 0.717) is 10.0 Å². The molecular weight excluding hydrogens is 311 g/mol. The van der Waals surface area contributed by atoms with Gasteiger partial charge < -0.3 is 10.6 Å². The molecule has 0 aromatic heterocycles. The summed E-state index contributed by atoms with van der Waals surface area (Å²) in [5, 5.41) is 5.50. The zero-order valence-corrected chi connectivity index (χ0v) is 11.8. The van der Waals surface area contributed by atoms with Crippen molar-refractivity contribution in [2.75, 3.05) is 17.7 Å². The summed E-state index contributed by atoms with van der Waals surface area (Å²) in [6, 6.07) is 11.3. The molecule has 0 saturated heterocycles. The Kier molecular flexibility index (Phi) is 4.16. The maximum atomic E-state index is 13.5. The number of carbonyl (C=O) groups is 1. The van der Waals surface area contributed by atoms with Crippen LogP contribution in [0, 0.1) is 5.82 Å². The second-order valence-electron chi connectivity index (χ2n) is 3.91. The average molecular weight is 323 g/mol. The zero-order chi connectivity index (χ0) is 13.8. The molecule has 5 heteroatoms. The third-order valence-electron chi connectivity index (χ3n) is 2.61. The molecule has 0 aliphatic rings. The van der Waals surface area contributed by atoms with Gasteiger partial charge in [-0.15, -0.1) is 0 Å². The number of hydrogen-bond acceptors (Lipinski definition) is 2. The molecule has 2 rings (SSSR count). The van der Waals surface area contributed by atoms with Crippen LogP contribution in [-0.2, 0) is 0 Å². The van der Waals surface area contributed by atoms with Crippen LogP contribution in [0.25, 0.3) is 0 Å². The van der Waals surface area contributed by atoms with E-state index >= 15 is 0 Å². The molecule has 19 heavy (non-hydrogen) atoms. The quantitative estimate of drug-likeness (QED) is 0.900. The first-order chi connectivity index (χ1) is 9.10. The maximum absolute atomic E-state index is 13.5. The monoisotopic (exact) mass is 322 g/mol. The SMILES string of the molecule is CNc1ccc(C(=O)Nc2cc(Br)ccc2F)cc1. The van der Waals surface area contributed by atoms with Gasteiger partial charge in [0.15, 0.2) is 0 Å². The van der Waals surface area contributed by atoms with Gasteiger partial charge >= 0.3 is 0 Å². The van der Waals surface area contributed by atoms with Crippen LogP contribution in [0.15, 0.2) is 46.9 Å². The van der Waals surface area contributed by atoms with E-state index in [1.54, 1.807) is 37.4 Å². The van der Waals surface area contributed by atoms with Crippen LogP contribution in [0.5, 0.6) is 0 Å². The topological polar surface area (TPSA) is 41.1 Å². The lowest BCUT2D eigenvalue weighted by atomic mass is 10.2. The van der Waals surface area contributed by atoms with Crippen LogP contribution < -0.4 is 10.6 Å². The Morgan fingerprint density at radius 1 is 1.16 bits per heavy atom. The van der Waals surface area contributed by atoms with Gasteiger partial charge in [-0.2, -0.15) is 0 Å². The first kappa shape index (κ1) is 13.5. The van der Waals surface area contributed by atoms with Crippen LogP contribution in [0.3, 0.4) is 0 Å². The molecule has 0 saturated carbocycles. The molecule has 0 heterocycles. The highest BCUT2D eigenvalue weighted by atomic mass is 79.9. The lowest BCUT2D eigenvalue weighted by Crippen LogP contribution is -2.13. The molecule has 0 atom stereocenters. The van der Waals surface area contributed by atoms with Gasteiger partial charge in [-0.1, -0.05) is 15.9 Å². The van der Waals surface area contributed by atoms with Crippen molar-refractivity contribution < 1.29 is 9.18 Å². The van der Waals surface area contributed by atoms with Gasteiger partial charge in [0, 0.05) is 22.8 Å². The van der Waals surface area contributed by atoms with Crippen molar-refractivity contribution in [3.8, 4) is 0 Å². The van der Waals surface area contributed by atoms with Crippen LogP contribution in [0.1, 0.15) is 10.4 Å². The zero-order valence-electron chi connectivity index (χ0n) is 10.2. The predicted octanol–water partition coefficient (Wildman–Crippen LogP) is 3.88. The fourth-order valence-electron chi connectivity index (χ4n) is 1.58. The summed E-state index contributed by atoms with van der Waals surface area (Å²) in [6.45, 7) is 0. The summed E-state index contributed by atoms with van der Waals surface area (Å²) in [7, 11) is 1.80. The van der Waals surface area contributed by atoms with E-state index in [4.69, 9.17) is 0 Å². The molecule has 2 aromatic carbocycles. The number of benzene rings is 2. The van der Waals surface area contributed by atoms with Gasteiger partial charge in [-0.3, -0.25) is 4.79 Å². The van der Waals surface area contributed by atoms with Crippen molar-refractivity contribution in [2.24, 2.45) is 0 Å². The summed E-state index contributed by atoms with van der Waals surface area (Å²) >= 11 is 3.24. The van der Waals surface area contributed by atoms with E-state index in [1.165, 1.54) is 12.1 Å². The Morgan fingerprint density at radius 3 is 2.47 bits per heavy atom. The molecule has 0 radical (unpaired) electrons. The smallest absolute Gasteiger partial charge is 0.255 e. The van der Waals surface area contributed by atoms with Crippen molar-refractivity contribution in [3.63, 3.8) is 0 Å². The third-order valence-corrected chi connectivity index (χ3v) is 3.11. The van der Waals surface area contributed by atoms with E-state index in [0.717, 1.165) is 5.69 Å². The number of rotatable bonds is 3. The Labute approximate surface area is 119 Å². The Hall–Kier alpha value is -1.88. The lowest BCUT2D eigenvalue weighted by molar-refractivity contribution is 0.102. The lowest BCUT2D eigenvalue weighted by Gasteiger charge is -2.07. The number of halogens is 2. The van der Waals surface area contributed by atoms with Gasteiger partial charge in [0.25, 0.3) is 5.91 Å². The summed E-state index contributed by atoms with van der Waals surface area (Å²) in [4.78, 5) is 12.0. The van der Waals surface area contributed by atoms with Crippen LogP contribution in [-0.4, -0.2) is 13.0 Å². The highest BCUT2D eigenvalue weighted by molar-refractivity contribution is 9.10. The number of anilines is 2. The third kappa shape index (κ3) is 3.32. The normalized spacial score (nSPS) is 10.1. The first-order valence-electron chi connectivity index (χ1n) is 5.64. The predicted molar refractivity (Wildman–Crippen MR) is 78.0 cm³/mol. The molecular formula is C14H12BrFN2O. The van der Waals surface area contributed by atoms with Gasteiger partial charge in [0.1, 0.15) is 5.82 Å². The molecule has 0 bridgehead atoms. The Balaban J connectivity index is 2.18. The van der Waals surface area contributed by atoms with Crippen LogP contribution in [0.2, 0.25) is 0 Å². The van der Waals surface area contributed by atoms with Gasteiger partial charge in [0.2, 0.25) is 0 Å². The Bertz CT molecular complexity index is 599. The van der Waals surface area contributed by atoms with E-state index in [9.17, 15) is 9.18 Å². The Morgan fingerprint density at radius 2 is 1.84 bits per heavy atom. The second-order valence-corrected chi connectivity index (χ2v) is 4.82. The van der Waals surface area contributed by atoms with E-state index in [-0.39, 0.29) is 11.6 Å². The van der Waals surface area contributed by atoms with E-state index in [2.05, 4.69) is 26.6 Å². The fourth-order valence-corrected chi connectivity index (χ4v) is 1.94. The largest absolute Gasteiger partial charge is 0.388 e. The first-order valence-corrected chi connectivity index (χ1v) is 6.43. The van der Waals surface area contributed by atoms with Crippen LogP contribution >= 0.6 is 15.9 Å². The summed E-state index contributed by atoms with van der Waals surface area (Å²) in [5.41, 5.74) is 1.53. The minimum absolute atomic E-state index is 0.150. The molecule has 2 N–H and O–H groups in total. The van der Waals surface area contributed by atoms with E-state index < -0.39 is 5.82 Å².